The minimum absolute atomic E-state index is 0.471. The van der Waals surface area contributed by atoms with E-state index in [2.05, 4.69) is 51.2 Å². The van der Waals surface area contributed by atoms with Gasteiger partial charge in [-0.15, -0.1) is 0 Å². The van der Waals surface area contributed by atoms with Crippen molar-refractivity contribution in [2.75, 3.05) is 5.32 Å². The third-order valence-corrected chi connectivity index (χ3v) is 3.84. The third kappa shape index (κ3) is 3.16. The van der Waals surface area contributed by atoms with E-state index >= 15 is 0 Å². The molecule has 1 N–H and O–H groups in total. The highest BCUT2D eigenvalue weighted by atomic mass is 35.5. The van der Waals surface area contributed by atoms with E-state index in [1.807, 2.05) is 24.3 Å². The summed E-state index contributed by atoms with van der Waals surface area (Å²) in [6.45, 7) is 8.88. The molecule has 0 aliphatic carbocycles. The van der Waals surface area contributed by atoms with Crippen LogP contribution in [0.2, 0.25) is 5.02 Å². The summed E-state index contributed by atoms with van der Waals surface area (Å²) in [5, 5.41) is 4.29. The first-order chi connectivity index (χ1) is 9.50. The molecule has 0 aromatic heterocycles. The van der Waals surface area contributed by atoms with Gasteiger partial charge in [0.2, 0.25) is 0 Å². The topological polar surface area (TPSA) is 12.0 Å². The Morgan fingerprint density at radius 2 is 1.35 bits per heavy atom. The molecule has 2 heteroatoms. The Hall–Kier alpha value is -1.47. The number of anilines is 2. The van der Waals surface area contributed by atoms with Gasteiger partial charge >= 0.3 is 0 Å². The average Bonchev–Trinajstić information content (AvgIpc) is 2.41. The second-order valence-corrected chi connectivity index (χ2v) is 6.13. The van der Waals surface area contributed by atoms with Crippen LogP contribution >= 0.6 is 11.6 Å². The maximum absolute atomic E-state index is 6.28. The van der Waals surface area contributed by atoms with E-state index in [1.54, 1.807) is 0 Å². The maximum atomic E-state index is 6.28. The summed E-state index contributed by atoms with van der Waals surface area (Å²) in [7, 11) is 0. The fraction of sp³-hybridized carbons (Fsp3) is 0.333. The second-order valence-electron chi connectivity index (χ2n) is 5.73. The third-order valence-electron chi connectivity index (χ3n) is 3.51. The Morgan fingerprint density at radius 1 is 0.800 bits per heavy atom. The SMILES string of the molecule is CC(C)c1cccc(C(C)C)c1Nc1ccccc1Cl. The number of nitrogens with one attached hydrogen (secondary N) is 1. The molecule has 0 saturated carbocycles. The normalized spacial score (nSPS) is 11.2. The monoisotopic (exact) mass is 287 g/mol. The molecule has 1 nitrogen and oxygen atoms in total. The van der Waals surface area contributed by atoms with E-state index in [1.165, 1.54) is 16.8 Å². The van der Waals surface area contributed by atoms with Crippen molar-refractivity contribution in [2.45, 2.75) is 39.5 Å². The van der Waals surface area contributed by atoms with E-state index in [4.69, 9.17) is 11.6 Å². The Kier molecular flexibility index (Phi) is 4.72. The van der Waals surface area contributed by atoms with Gasteiger partial charge in [-0.05, 0) is 35.1 Å². The van der Waals surface area contributed by atoms with E-state index < -0.39 is 0 Å². The number of hydrogen-bond donors (Lipinski definition) is 1. The summed E-state index contributed by atoms with van der Waals surface area (Å²) in [5.41, 5.74) is 4.82. The fourth-order valence-corrected chi connectivity index (χ4v) is 2.58. The van der Waals surface area contributed by atoms with E-state index in [-0.39, 0.29) is 0 Å². The van der Waals surface area contributed by atoms with Crippen LogP contribution in [0, 0.1) is 0 Å². The Balaban J connectivity index is 2.51. The summed E-state index contributed by atoms with van der Waals surface area (Å²) in [6, 6.07) is 14.4. The highest BCUT2D eigenvalue weighted by Crippen LogP contribution is 2.36. The Labute approximate surface area is 127 Å². The van der Waals surface area contributed by atoms with Gasteiger partial charge in [-0.2, -0.15) is 0 Å². The van der Waals surface area contributed by atoms with Gasteiger partial charge in [0, 0.05) is 5.69 Å². The number of rotatable bonds is 4. The van der Waals surface area contributed by atoms with E-state index in [9.17, 15) is 0 Å². The number of benzene rings is 2. The lowest BCUT2D eigenvalue weighted by Gasteiger charge is -2.21. The summed E-state index contributed by atoms with van der Waals surface area (Å²) in [5.74, 6) is 0.942. The van der Waals surface area contributed by atoms with Crippen LogP contribution in [0.15, 0.2) is 42.5 Å². The molecule has 0 saturated heterocycles. The summed E-state index contributed by atoms with van der Waals surface area (Å²) in [4.78, 5) is 0. The summed E-state index contributed by atoms with van der Waals surface area (Å²) < 4.78 is 0. The van der Waals surface area contributed by atoms with Gasteiger partial charge in [0.1, 0.15) is 0 Å². The standard InChI is InChI=1S/C18H22ClN/c1-12(2)14-8-7-9-15(13(3)4)18(14)20-17-11-6-5-10-16(17)19/h5-13,20H,1-4H3. The van der Waals surface area contributed by atoms with Gasteiger partial charge in [-0.1, -0.05) is 69.6 Å². The molecule has 0 aliphatic heterocycles. The molecule has 0 heterocycles. The van der Waals surface area contributed by atoms with Crippen molar-refractivity contribution in [3.63, 3.8) is 0 Å². The van der Waals surface area contributed by atoms with Crippen molar-refractivity contribution in [1.29, 1.82) is 0 Å². The Morgan fingerprint density at radius 3 is 1.85 bits per heavy atom. The van der Waals surface area contributed by atoms with Crippen LogP contribution in [0.4, 0.5) is 11.4 Å². The molecule has 2 aromatic rings. The minimum atomic E-state index is 0.471. The van der Waals surface area contributed by atoms with E-state index in [0.717, 1.165) is 10.7 Å². The van der Waals surface area contributed by atoms with Crippen molar-refractivity contribution in [2.24, 2.45) is 0 Å². The quantitative estimate of drug-likeness (QED) is 0.693. The lowest BCUT2D eigenvalue weighted by atomic mass is 9.92. The number of hydrogen-bond acceptors (Lipinski definition) is 1. The molecule has 0 unspecified atom stereocenters. The number of para-hydroxylation sites is 2. The van der Waals surface area contributed by atoms with E-state index in [0.29, 0.717) is 11.8 Å². The molecule has 20 heavy (non-hydrogen) atoms. The van der Waals surface area contributed by atoms with Crippen LogP contribution in [-0.4, -0.2) is 0 Å². The van der Waals surface area contributed by atoms with Crippen LogP contribution < -0.4 is 5.32 Å². The predicted octanol–water partition coefficient (Wildman–Crippen LogP) is 6.33. The van der Waals surface area contributed by atoms with Crippen molar-refractivity contribution in [1.82, 2.24) is 0 Å². The van der Waals surface area contributed by atoms with Crippen LogP contribution in [-0.2, 0) is 0 Å². The minimum Gasteiger partial charge on any atom is -0.354 e. The van der Waals surface area contributed by atoms with Gasteiger partial charge < -0.3 is 5.32 Å². The first-order valence-corrected chi connectivity index (χ1v) is 7.53. The van der Waals surface area contributed by atoms with Gasteiger partial charge in [-0.25, -0.2) is 0 Å². The molecule has 2 rings (SSSR count). The molecular formula is C18H22ClN. The highest BCUT2D eigenvalue weighted by Gasteiger charge is 2.14. The molecule has 0 radical (unpaired) electrons. The van der Waals surface area contributed by atoms with Gasteiger partial charge in [0.05, 0.1) is 10.7 Å². The van der Waals surface area contributed by atoms with Crippen LogP contribution in [0.25, 0.3) is 0 Å². The predicted molar refractivity (Wildman–Crippen MR) is 89.4 cm³/mol. The highest BCUT2D eigenvalue weighted by molar-refractivity contribution is 6.33. The van der Waals surface area contributed by atoms with Crippen LogP contribution in [0.3, 0.4) is 0 Å². The zero-order valence-corrected chi connectivity index (χ0v) is 13.3. The van der Waals surface area contributed by atoms with Crippen LogP contribution in [0.1, 0.15) is 50.7 Å². The first-order valence-electron chi connectivity index (χ1n) is 7.15. The molecule has 2 aromatic carbocycles. The maximum Gasteiger partial charge on any atom is 0.0640 e. The molecule has 0 bridgehead atoms. The fourth-order valence-electron chi connectivity index (χ4n) is 2.39. The number of halogens is 1. The summed E-state index contributed by atoms with van der Waals surface area (Å²) in [6.07, 6.45) is 0. The van der Waals surface area contributed by atoms with Crippen molar-refractivity contribution < 1.29 is 0 Å². The Bertz CT molecular complexity index is 561. The molecule has 0 atom stereocenters. The molecule has 0 spiro atoms. The molecule has 0 amide bonds. The lowest BCUT2D eigenvalue weighted by molar-refractivity contribution is 0.838. The first kappa shape index (κ1) is 14.9. The van der Waals surface area contributed by atoms with Gasteiger partial charge in [-0.3, -0.25) is 0 Å². The summed E-state index contributed by atoms with van der Waals surface area (Å²) >= 11 is 6.28. The zero-order valence-electron chi connectivity index (χ0n) is 12.6. The zero-order chi connectivity index (χ0) is 14.7. The second kappa shape index (κ2) is 6.32. The van der Waals surface area contributed by atoms with Crippen molar-refractivity contribution in [3.05, 3.63) is 58.6 Å². The molecule has 0 fully saturated rings. The molecule has 106 valence electrons. The molecular weight excluding hydrogens is 266 g/mol. The van der Waals surface area contributed by atoms with Crippen molar-refractivity contribution >= 4 is 23.0 Å². The molecule has 0 aliphatic rings. The smallest absolute Gasteiger partial charge is 0.0640 e. The van der Waals surface area contributed by atoms with Gasteiger partial charge in [0.25, 0.3) is 0 Å². The largest absolute Gasteiger partial charge is 0.354 e. The lowest BCUT2D eigenvalue weighted by Crippen LogP contribution is -2.03. The van der Waals surface area contributed by atoms with Gasteiger partial charge in [0.15, 0.2) is 0 Å². The average molecular weight is 288 g/mol. The van der Waals surface area contributed by atoms with Crippen LogP contribution in [0.5, 0.6) is 0 Å². The van der Waals surface area contributed by atoms with Crippen molar-refractivity contribution in [3.8, 4) is 0 Å².